The summed E-state index contributed by atoms with van der Waals surface area (Å²) in [5, 5.41) is 4.69. The molecule has 0 unspecified atom stereocenters. The van der Waals surface area contributed by atoms with Crippen LogP contribution in [0.25, 0.3) is 0 Å². The third kappa shape index (κ3) is 7.00. The summed E-state index contributed by atoms with van der Waals surface area (Å²) >= 11 is 0. The van der Waals surface area contributed by atoms with Gasteiger partial charge in [0.05, 0.1) is 6.26 Å². The molecule has 20 heavy (non-hydrogen) atoms. The molecule has 0 aliphatic heterocycles. The maximum absolute atomic E-state index is 12.9. The lowest BCUT2D eigenvalue weighted by Gasteiger charge is -2.08. The Labute approximate surface area is 115 Å². The zero-order chi connectivity index (χ0) is 15.2. The maximum Gasteiger partial charge on any atom is 0.319 e. The Morgan fingerprint density at radius 3 is 2.30 bits per heavy atom. The van der Waals surface area contributed by atoms with Gasteiger partial charge in [-0.25, -0.2) is 26.7 Å². The van der Waals surface area contributed by atoms with E-state index >= 15 is 0 Å². The summed E-state index contributed by atoms with van der Waals surface area (Å²) < 4.78 is 49.5. The summed E-state index contributed by atoms with van der Waals surface area (Å²) in [5.74, 6) is -1.59. The average Bonchev–Trinajstić information content (AvgIpc) is 2.25. The zero-order valence-corrected chi connectivity index (χ0v) is 11.6. The Balaban J connectivity index is 2.30. The van der Waals surface area contributed by atoms with Gasteiger partial charge in [-0.1, -0.05) is 0 Å². The fourth-order valence-corrected chi connectivity index (χ4v) is 1.86. The number of amides is 2. The van der Waals surface area contributed by atoms with E-state index in [4.69, 9.17) is 0 Å². The van der Waals surface area contributed by atoms with Crippen molar-refractivity contribution >= 4 is 21.7 Å². The topological polar surface area (TPSA) is 87.3 Å². The van der Waals surface area contributed by atoms with Gasteiger partial charge in [0.25, 0.3) is 0 Å². The van der Waals surface area contributed by atoms with Crippen LogP contribution in [0.15, 0.2) is 18.2 Å². The summed E-state index contributed by atoms with van der Waals surface area (Å²) in [6, 6.07) is 2.02. The van der Waals surface area contributed by atoms with Gasteiger partial charge in [-0.2, -0.15) is 0 Å². The molecule has 0 bridgehead atoms. The van der Waals surface area contributed by atoms with E-state index in [2.05, 4.69) is 15.4 Å². The van der Waals surface area contributed by atoms with Gasteiger partial charge in [0, 0.05) is 24.8 Å². The van der Waals surface area contributed by atoms with Gasteiger partial charge in [0.1, 0.15) is 11.6 Å². The van der Waals surface area contributed by atoms with Crippen LogP contribution in [0.3, 0.4) is 0 Å². The first-order chi connectivity index (χ1) is 9.26. The van der Waals surface area contributed by atoms with Gasteiger partial charge in [-0.05, 0) is 18.6 Å². The minimum absolute atomic E-state index is 0.00531. The molecule has 1 aromatic rings. The minimum Gasteiger partial charge on any atom is -0.338 e. The van der Waals surface area contributed by atoms with Crippen molar-refractivity contribution in [2.24, 2.45) is 0 Å². The number of nitrogens with one attached hydrogen (secondary N) is 3. The fraction of sp³-hybridized carbons (Fsp3) is 0.364. The molecule has 0 atom stereocenters. The van der Waals surface area contributed by atoms with Crippen molar-refractivity contribution in [3.8, 4) is 0 Å². The van der Waals surface area contributed by atoms with E-state index in [-0.39, 0.29) is 18.8 Å². The zero-order valence-electron chi connectivity index (χ0n) is 10.7. The van der Waals surface area contributed by atoms with E-state index in [1.807, 2.05) is 0 Å². The molecule has 0 radical (unpaired) electrons. The minimum atomic E-state index is -3.24. The second-order valence-corrected chi connectivity index (χ2v) is 5.89. The van der Waals surface area contributed by atoms with Crippen LogP contribution in [0.5, 0.6) is 0 Å². The van der Waals surface area contributed by atoms with Crippen LogP contribution in [-0.4, -0.2) is 33.8 Å². The third-order valence-electron chi connectivity index (χ3n) is 2.12. The van der Waals surface area contributed by atoms with E-state index in [0.717, 1.165) is 18.4 Å². The molecule has 1 aromatic carbocycles. The lowest BCUT2D eigenvalue weighted by Crippen LogP contribution is -2.32. The van der Waals surface area contributed by atoms with Gasteiger partial charge < -0.3 is 10.6 Å². The summed E-state index contributed by atoms with van der Waals surface area (Å²) in [6.45, 7) is 0.403. The van der Waals surface area contributed by atoms with Crippen molar-refractivity contribution in [3.63, 3.8) is 0 Å². The number of halogens is 2. The van der Waals surface area contributed by atoms with Crippen LogP contribution in [0.4, 0.5) is 19.3 Å². The smallest absolute Gasteiger partial charge is 0.319 e. The van der Waals surface area contributed by atoms with Crippen molar-refractivity contribution in [1.29, 1.82) is 0 Å². The molecule has 1 rings (SSSR count). The first kappa shape index (κ1) is 16.3. The van der Waals surface area contributed by atoms with Crippen molar-refractivity contribution in [2.45, 2.75) is 6.42 Å². The lowest BCUT2D eigenvalue weighted by molar-refractivity contribution is 0.252. The molecule has 9 heteroatoms. The molecule has 112 valence electrons. The molecule has 0 fully saturated rings. The van der Waals surface area contributed by atoms with Gasteiger partial charge in [-0.3, -0.25) is 0 Å². The van der Waals surface area contributed by atoms with Gasteiger partial charge in [0.2, 0.25) is 10.0 Å². The Morgan fingerprint density at radius 2 is 1.75 bits per heavy atom. The van der Waals surface area contributed by atoms with Gasteiger partial charge in [0.15, 0.2) is 0 Å². The van der Waals surface area contributed by atoms with E-state index < -0.39 is 27.7 Å². The van der Waals surface area contributed by atoms with Crippen LogP contribution < -0.4 is 15.4 Å². The highest BCUT2D eigenvalue weighted by molar-refractivity contribution is 7.88. The number of urea groups is 1. The molecule has 0 saturated carbocycles. The number of sulfonamides is 1. The number of hydrogen-bond acceptors (Lipinski definition) is 3. The molecular weight excluding hydrogens is 292 g/mol. The predicted octanol–water partition coefficient (Wildman–Crippen LogP) is 1.03. The number of hydrogen-bond donors (Lipinski definition) is 3. The first-order valence-corrected chi connectivity index (χ1v) is 7.61. The Kier molecular flexibility index (Phi) is 5.83. The number of carbonyl (C=O) groups excluding carboxylic acids is 1. The lowest BCUT2D eigenvalue weighted by atomic mass is 10.3. The van der Waals surface area contributed by atoms with Crippen LogP contribution in [-0.2, 0) is 10.0 Å². The highest BCUT2D eigenvalue weighted by Gasteiger charge is 2.05. The number of benzene rings is 1. The maximum atomic E-state index is 12.9. The van der Waals surface area contributed by atoms with Crippen molar-refractivity contribution in [3.05, 3.63) is 29.8 Å². The largest absolute Gasteiger partial charge is 0.338 e. The standard InChI is InChI=1S/C11H15F2N3O3S/c1-20(18,19)15-4-2-3-14-11(17)16-10-6-8(12)5-9(13)7-10/h5-7,15H,2-4H2,1H3,(H2,14,16,17). The van der Waals surface area contributed by atoms with Crippen molar-refractivity contribution in [2.75, 3.05) is 24.7 Å². The van der Waals surface area contributed by atoms with E-state index in [9.17, 15) is 22.0 Å². The number of anilines is 1. The monoisotopic (exact) mass is 307 g/mol. The molecule has 2 amide bonds. The van der Waals surface area contributed by atoms with Crippen LogP contribution >= 0.6 is 0 Å². The highest BCUT2D eigenvalue weighted by Crippen LogP contribution is 2.12. The fourth-order valence-electron chi connectivity index (χ4n) is 1.35. The third-order valence-corrected chi connectivity index (χ3v) is 2.85. The SMILES string of the molecule is CS(=O)(=O)NCCCNC(=O)Nc1cc(F)cc(F)c1. The summed E-state index contributed by atoms with van der Waals surface area (Å²) in [4.78, 5) is 11.4. The molecule has 0 saturated heterocycles. The molecule has 0 aliphatic rings. The van der Waals surface area contributed by atoms with Crippen LogP contribution in [0, 0.1) is 11.6 Å². The summed E-state index contributed by atoms with van der Waals surface area (Å²) in [6.07, 6.45) is 1.42. The number of rotatable bonds is 6. The van der Waals surface area contributed by atoms with Crippen molar-refractivity contribution < 1.29 is 22.0 Å². The first-order valence-electron chi connectivity index (χ1n) is 5.72. The second kappa shape index (κ2) is 7.15. The Hall–Kier alpha value is -1.74. The predicted molar refractivity (Wildman–Crippen MR) is 70.8 cm³/mol. The normalized spacial score (nSPS) is 11.2. The molecule has 3 N–H and O–H groups in total. The molecular formula is C11H15F2N3O3S. The summed E-state index contributed by atoms with van der Waals surface area (Å²) in [5.41, 5.74) is -0.00531. The van der Waals surface area contributed by atoms with Gasteiger partial charge >= 0.3 is 6.03 Å². The summed E-state index contributed by atoms with van der Waals surface area (Å²) in [7, 11) is -3.24. The van der Waals surface area contributed by atoms with Crippen LogP contribution in [0.1, 0.15) is 6.42 Å². The molecule has 0 aliphatic carbocycles. The highest BCUT2D eigenvalue weighted by atomic mass is 32.2. The van der Waals surface area contributed by atoms with E-state index in [0.29, 0.717) is 12.5 Å². The molecule has 0 heterocycles. The van der Waals surface area contributed by atoms with Crippen LogP contribution in [0.2, 0.25) is 0 Å². The van der Waals surface area contributed by atoms with Crippen molar-refractivity contribution in [1.82, 2.24) is 10.0 Å². The Bertz CT molecular complexity index is 558. The quantitative estimate of drug-likeness (QED) is 0.686. The second-order valence-electron chi connectivity index (χ2n) is 4.06. The Morgan fingerprint density at radius 1 is 1.15 bits per heavy atom. The average molecular weight is 307 g/mol. The molecule has 6 nitrogen and oxygen atoms in total. The van der Waals surface area contributed by atoms with E-state index in [1.165, 1.54) is 0 Å². The molecule has 0 spiro atoms. The van der Waals surface area contributed by atoms with E-state index in [1.54, 1.807) is 0 Å². The van der Waals surface area contributed by atoms with Gasteiger partial charge in [-0.15, -0.1) is 0 Å². The number of carbonyl (C=O) groups is 1. The molecule has 0 aromatic heterocycles.